The van der Waals surface area contributed by atoms with Crippen LogP contribution in [0.1, 0.15) is 25.6 Å². The van der Waals surface area contributed by atoms with Crippen molar-refractivity contribution in [1.82, 2.24) is 19.1 Å². The first-order valence-electron chi connectivity index (χ1n) is 9.71. The molecule has 2 aromatic heterocycles. The molecule has 30 heavy (non-hydrogen) atoms. The Balaban J connectivity index is 1.98. The predicted octanol–water partition coefficient (Wildman–Crippen LogP) is 1.79. The second kappa shape index (κ2) is 9.21. The first-order chi connectivity index (χ1) is 14.4. The van der Waals surface area contributed by atoms with Gasteiger partial charge in [0.15, 0.2) is 5.69 Å². The molecule has 0 spiro atoms. The highest BCUT2D eigenvalue weighted by atomic mass is 32.2. The van der Waals surface area contributed by atoms with Crippen molar-refractivity contribution in [3.05, 3.63) is 50.9 Å². The van der Waals surface area contributed by atoms with Crippen molar-refractivity contribution >= 4 is 40.2 Å². The highest BCUT2D eigenvalue weighted by molar-refractivity contribution is 7.97. The van der Waals surface area contributed by atoms with Crippen molar-refractivity contribution in [3.63, 3.8) is 0 Å². The summed E-state index contributed by atoms with van der Waals surface area (Å²) < 4.78 is 3.15. The van der Waals surface area contributed by atoms with Crippen LogP contribution in [0.3, 0.4) is 0 Å². The van der Waals surface area contributed by atoms with Crippen LogP contribution in [-0.4, -0.2) is 38.3 Å². The van der Waals surface area contributed by atoms with Crippen molar-refractivity contribution in [2.45, 2.75) is 38.6 Å². The fourth-order valence-corrected chi connectivity index (χ4v) is 3.83. The van der Waals surface area contributed by atoms with Crippen LogP contribution >= 0.6 is 11.8 Å². The molecule has 0 bridgehead atoms. The number of para-hydroxylation sites is 2. The molecule has 2 heterocycles. The monoisotopic (exact) mass is 430 g/mol. The average molecular weight is 431 g/mol. The molecule has 0 saturated heterocycles. The van der Waals surface area contributed by atoms with Gasteiger partial charge in [0.05, 0.1) is 16.8 Å². The lowest BCUT2D eigenvalue weighted by Gasteiger charge is -2.21. The van der Waals surface area contributed by atoms with Crippen LogP contribution in [0.25, 0.3) is 11.0 Å². The number of H-pyrrole nitrogens is 1. The van der Waals surface area contributed by atoms with Crippen LogP contribution in [0.4, 0.5) is 11.5 Å². The third-order valence-corrected chi connectivity index (χ3v) is 5.51. The van der Waals surface area contributed by atoms with Gasteiger partial charge in [0, 0.05) is 13.6 Å². The number of amides is 1. The number of nitrogen functional groups attached to an aromatic ring is 1. The Morgan fingerprint density at radius 3 is 2.70 bits per heavy atom. The zero-order chi connectivity index (χ0) is 21.8. The van der Waals surface area contributed by atoms with Crippen molar-refractivity contribution < 1.29 is 4.79 Å². The topological polar surface area (TPSA) is 119 Å². The number of hydrogen-bond acceptors (Lipinski definition) is 6. The van der Waals surface area contributed by atoms with Gasteiger partial charge in [0.2, 0.25) is 5.91 Å². The van der Waals surface area contributed by atoms with Gasteiger partial charge in [-0.05, 0) is 24.8 Å². The summed E-state index contributed by atoms with van der Waals surface area (Å²) in [7, 11) is 1.49. The number of carbonyl (C=O) groups excluding carboxylic acids is 1. The first-order valence-corrected chi connectivity index (χ1v) is 11.1. The van der Waals surface area contributed by atoms with Crippen LogP contribution < -0.4 is 21.9 Å². The van der Waals surface area contributed by atoms with E-state index < -0.39 is 11.2 Å². The summed E-state index contributed by atoms with van der Waals surface area (Å²) in [6.07, 6.45) is 3.56. The maximum atomic E-state index is 13.1. The zero-order valence-electron chi connectivity index (χ0n) is 17.3. The van der Waals surface area contributed by atoms with E-state index >= 15 is 0 Å². The fraction of sp³-hybridized carbons (Fsp3) is 0.400. The van der Waals surface area contributed by atoms with Gasteiger partial charge >= 0.3 is 5.69 Å². The molecule has 9 nitrogen and oxygen atoms in total. The molecule has 0 aliphatic rings. The van der Waals surface area contributed by atoms with Gasteiger partial charge in [-0.15, -0.1) is 0 Å². The SMILES string of the molecule is CCCCn1c(N)c(N(C)C(=O)Cn2c(CSC)nc3ccccc32)c(=O)[nH]c1=O. The molecule has 0 unspecified atom stereocenters. The molecule has 0 aliphatic heterocycles. The molecule has 1 amide bonds. The second-order valence-electron chi connectivity index (χ2n) is 6.99. The number of nitrogens with zero attached hydrogens (tertiary/aromatic N) is 4. The number of aromatic nitrogens is 4. The number of thioether (sulfide) groups is 1. The largest absolute Gasteiger partial charge is 0.383 e. The van der Waals surface area contributed by atoms with Gasteiger partial charge in [-0.3, -0.25) is 19.1 Å². The third-order valence-electron chi connectivity index (χ3n) is 4.96. The molecule has 160 valence electrons. The van der Waals surface area contributed by atoms with Gasteiger partial charge in [0.1, 0.15) is 18.2 Å². The van der Waals surface area contributed by atoms with Gasteiger partial charge in [0.25, 0.3) is 5.56 Å². The number of anilines is 2. The third kappa shape index (κ3) is 4.13. The summed E-state index contributed by atoms with van der Waals surface area (Å²) in [5.74, 6) is 1.09. The summed E-state index contributed by atoms with van der Waals surface area (Å²) in [6, 6.07) is 7.60. The quantitative estimate of drug-likeness (QED) is 0.562. The number of benzene rings is 1. The number of imidazole rings is 1. The summed E-state index contributed by atoms with van der Waals surface area (Å²) in [5.41, 5.74) is 6.51. The molecule has 0 fully saturated rings. The number of nitrogens with one attached hydrogen (secondary N) is 1. The minimum atomic E-state index is -0.680. The van der Waals surface area contributed by atoms with E-state index in [0.717, 1.165) is 29.7 Å². The number of unbranched alkanes of at least 4 members (excludes halogenated alkanes) is 1. The lowest BCUT2D eigenvalue weighted by Crippen LogP contribution is -2.40. The molecule has 0 radical (unpaired) electrons. The van der Waals surface area contributed by atoms with Crippen LogP contribution in [0.5, 0.6) is 0 Å². The van der Waals surface area contributed by atoms with Crippen LogP contribution in [0, 0.1) is 0 Å². The molecule has 0 aliphatic carbocycles. The number of hydrogen-bond donors (Lipinski definition) is 2. The van der Waals surface area contributed by atoms with Crippen molar-refractivity contribution in [2.75, 3.05) is 23.9 Å². The van der Waals surface area contributed by atoms with Crippen molar-refractivity contribution in [1.29, 1.82) is 0 Å². The minimum Gasteiger partial charge on any atom is -0.383 e. The van der Waals surface area contributed by atoms with Gasteiger partial charge in [-0.1, -0.05) is 25.5 Å². The van der Waals surface area contributed by atoms with E-state index in [1.54, 1.807) is 11.8 Å². The normalized spacial score (nSPS) is 11.2. The highest BCUT2D eigenvalue weighted by Crippen LogP contribution is 2.21. The minimum absolute atomic E-state index is 0.000126. The summed E-state index contributed by atoms with van der Waals surface area (Å²) in [4.78, 5) is 45.8. The Labute approximate surface area is 177 Å². The highest BCUT2D eigenvalue weighted by Gasteiger charge is 2.22. The summed E-state index contributed by atoms with van der Waals surface area (Å²) in [5, 5.41) is 0. The molecule has 0 atom stereocenters. The smallest absolute Gasteiger partial charge is 0.330 e. The van der Waals surface area contributed by atoms with E-state index in [9.17, 15) is 14.4 Å². The number of carbonyl (C=O) groups is 1. The second-order valence-corrected chi connectivity index (χ2v) is 7.85. The molecular weight excluding hydrogens is 404 g/mol. The van der Waals surface area contributed by atoms with E-state index in [4.69, 9.17) is 5.73 Å². The predicted molar refractivity (Wildman–Crippen MR) is 121 cm³/mol. The number of rotatable bonds is 8. The zero-order valence-corrected chi connectivity index (χ0v) is 18.2. The van der Waals surface area contributed by atoms with Crippen molar-refractivity contribution in [3.8, 4) is 0 Å². The fourth-order valence-electron chi connectivity index (χ4n) is 3.35. The number of likely N-dealkylation sites (N-methyl/N-ethyl adjacent to an activating group) is 1. The summed E-state index contributed by atoms with van der Waals surface area (Å²) in [6.45, 7) is 2.36. The Bertz CT molecular complexity index is 1180. The Kier molecular flexibility index (Phi) is 6.66. The Morgan fingerprint density at radius 2 is 2.00 bits per heavy atom. The van der Waals surface area contributed by atoms with Crippen LogP contribution in [-0.2, 0) is 23.6 Å². The van der Waals surface area contributed by atoms with Gasteiger partial charge in [-0.2, -0.15) is 11.8 Å². The number of fused-ring (bicyclic) bond motifs is 1. The maximum Gasteiger partial charge on any atom is 0.330 e. The van der Waals surface area contributed by atoms with Crippen molar-refractivity contribution in [2.24, 2.45) is 0 Å². The molecule has 0 saturated carbocycles. The van der Waals surface area contributed by atoms with E-state index in [1.165, 1.54) is 16.5 Å². The van der Waals surface area contributed by atoms with Crippen LogP contribution in [0.2, 0.25) is 0 Å². The van der Waals surface area contributed by atoms with Gasteiger partial charge in [-0.25, -0.2) is 9.78 Å². The summed E-state index contributed by atoms with van der Waals surface area (Å²) >= 11 is 1.61. The molecule has 3 aromatic rings. The standard InChI is InChI=1S/C20H26N6O3S/c1-4-5-10-25-18(21)17(19(28)23-20(25)29)24(2)16(27)11-26-14-9-7-6-8-13(14)22-15(26)12-30-3/h6-9H,4-5,10-12,21H2,1-3H3,(H,23,28,29). The number of aromatic amines is 1. The lowest BCUT2D eigenvalue weighted by atomic mass is 10.3. The molecule has 3 N–H and O–H groups in total. The first kappa shape index (κ1) is 21.7. The van der Waals surface area contributed by atoms with E-state index in [1.807, 2.05) is 42.0 Å². The van der Waals surface area contributed by atoms with E-state index in [-0.39, 0.29) is 24.0 Å². The maximum absolute atomic E-state index is 13.1. The Morgan fingerprint density at radius 1 is 1.27 bits per heavy atom. The lowest BCUT2D eigenvalue weighted by molar-refractivity contribution is -0.118. The van der Waals surface area contributed by atoms with E-state index in [2.05, 4.69) is 9.97 Å². The molecular formula is C20H26N6O3S. The van der Waals surface area contributed by atoms with Gasteiger partial charge < -0.3 is 15.2 Å². The van der Waals surface area contributed by atoms with E-state index in [0.29, 0.717) is 12.3 Å². The van der Waals surface area contributed by atoms with Crippen LogP contribution in [0.15, 0.2) is 33.9 Å². The Hall–Kier alpha value is -3.01. The number of nitrogens with two attached hydrogens (primary N) is 1. The molecule has 3 rings (SSSR count). The molecule has 10 heteroatoms. The molecule has 1 aromatic carbocycles. The average Bonchev–Trinajstić information content (AvgIpc) is 3.05.